The monoisotopic (exact) mass is 419 g/mol. The number of nitrogens with zero attached hydrogens (tertiary/aromatic N) is 2. The molecule has 3 amide bonds. The number of carbonyl (C=O) groups is 3. The minimum atomic E-state index is -1.13. The quantitative estimate of drug-likeness (QED) is 0.653. The fourth-order valence-corrected chi connectivity index (χ4v) is 3.88. The van der Waals surface area contributed by atoms with Gasteiger partial charge in [0.2, 0.25) is 5.91 Å². The Morgan fingerprint density at radius 2 is 1.74 bits per heavy atom. The molecule has 0 bridgehead atoms. The molecule has 1 aliphatic rings. The lowest BCUT2D eigenvalue weighted by Gasteiger charge is -2.40. The van der Waals surface area contributed by atoms with Crippen molar-refractivity contribution < 1.29 is 23.9 Å². The number of nitrogens with one attached hydrogen (secondary N) is 1. The molecule has 0 unspecified atom stereocenters. The van der Waals surface area contributed by atoms with E-state index in [0.717, 1.165) is 11.1 Å². The van der Waals surface area contributed by atoms with Crippen molar-refractivity contribution in [3.8, 4) is 11.1 Å². The Hall–Kier alpha value is -4.07. The summed E-state index contributed by atoms with van der Waals surface area (Å²) in [4.78, 5) is 39.5. The highest BCUT2D eigenvalue weighted by Crippen LogP contribution is 2.39. The number of amides is 3. The lowest BCUT2D eigenvalue weighted by atomic mass is 10.00. The van der Waals surface area contributed by atoms with E-state index in [9.17, 15) is 14.4 Å². The molecule has 4 rings (SSSR count). The lowest BCUT2D eigenvalue weighted by molar-refractivity contribution is -0.117. The van der Waals surface area contributed by atoms with Crippen molar-refractivity contribution in [1.29, 1.82) is 0 Å². The van der Waals surface area contributed by atoms with Gasteiger partial charge in [-0.1, -0.05) is 18.2 Å². The Labute approximate surface area is 178 Å². The smallest absolute Gasteiger partial charge is 0.409 e. The van der Waals surface area contributed by atoms with Gasteiger partial charge >= 0.3 is 6.09 Å². The van der Waals surface area contributed by atoms with E-state index in [-0.39, 0.29) is 23.6 Å². The number of hydrogen-bond donors (Lipinski definition) is 2. The predicted molar refractivity (Wildman–Crippen MR) is 117 cm³/mol. The molecule has 0 saturated carbocycles. The van der Waals surface area contributed by atoms with Gasteiger partial charge in [0.1, 0.15) is 0 Å². The highest BCUT2D eigenvalue weighted by Gasteiger charge is 2.34. The summed E-state index contributed by atoms with van der Waals surface area (Å²) < 4.78 is 5.31. The standard InChI is InChI=1S/C23H21N3O5/c1-14-13-25(22(28)21-4-3-11-31-21)20-12-17(7-10-19(20)26(14)15(2)27)16-5-8-18(9-6-16)24-23(29)30/h3-12,14,24H,13H2,1-2H3,(H,29,30)/t14-/m0/s1. The molecule has 8 heteroatoms. The first kappa shape index (κ1) is 20.2. The van der Waals surface area contributed by atoms with Gasteiger partial charge in [-0.15, -0.1) is 0 Å². The second kappa shape index (κ2) is 7.98. The first-order valence-electron chi connectivity index (χ1n) is 9.75. The highest BCUT2D eigenvalue weighted by atomic mass is 16.4. The summed E-state index contributed by atoms with van der Waals surface area (Å²) in [6.45, 7) is 3.73. The molecule has 8 nitrogen and oxygen atoms in total. The van der Waals surface area contributed by atoms with Gasteiger partial charge in [0.25, 0.3) is 5.91 Å². The summed E-state index contributed by atoms with van der Waals surface area (Å²) in [5, 5.41) is 11.2. The SMILES string of the molecule is CC(=O)N1c2ccc(-c3ccc(NC(=O)O)cc3)cc2N(C(=O)c2ccco2)C[C@@H]1C. The number of rotatable bonds is 3. The summed E-state index contributed by atoms with van der Waals surface area (Å²) in [5.41, 5.74) is 3.40. The van der Waals surface area contributed by atoms with Gasteiger partial charge in [-0.2, -0.15) is 0 Å². The summed E-state index contributed by atoms with van der Waals surface area (Å²) in [5.74, 6) is -0.154. The second-order valence-electron chi connectivity index (χ2n) is 7.34. The molecule has 1 aliphatic heterocycles. The lowest BCUT2D eigenvalue weighted by Crippen LogP contribution is -2.51. The van der Waals surface area contributed by atoms with Crippen LogP contribution in [0.5, 0.6) is 0 Å². The average Bonchev–Trinajstić information content (AvgIpc) is 3.27. The van der Waals surface area contributed by atoms with Crippen molar-refractivity contribution >= 4 is 35.0 Å². The Morgan fingerprint density at radius 1 is 1.03 bits per heavy atom. The van der Waals surface area contributed by atoms with E-state index in [1.165, 1.54) is 13.2 Å². The molecule has 158 valence electrons. The summed E-state index contributed by atoms with van der Waals surface area (Å²) in [6.07, 6.45) is 0.319. The van der Waals surface area contributed by atoms with Crippen LogP contribution in [0.4, 0.5) is 21.9 Å². The molecular weight excluding hydrogens is 398 g/mol. The van der Waals surface area contributed by atoms with Gasteiger partial charge < -0.3 is 19.3 Å². The normalized spacial score (nSPS) is 15.4. The summed E-state index contributed by atoms with van der Waals surface area (Å²) >= 11 is 0. The molecule has 0 fully saturated rings. The molecule has 1 atom stereocenters. The molecule has 31 heavy (non-hydrogen) atoms. The van der Waals surface area contributed by atoms with Crippen molar-refractivity contribution in [3.63, 3.8) is 0 Å². The zero-order valence-corrected chi connectivity index (χ0v) is 17.0. The van der Waals surface area contributed by atoms with Crippen LogP contribution in [-0.4, -0.2) is 35.6 Å². The largest absolute Gasteiger partial charge is 0.465 e. The van der Waals surface area contributed by atoms with Crippen LogP contribution in [-0.2, 0) is 4.79 Å². The molecule has 2 aromatic carbocycles. The van der Waals surface area contributed by atoms with Crippen molar-refractivity contribution in [2.75, 3.05) is 21.7 Å². The Balaban J connectivity index is 1.77. The number of benzene rings is 2. The first-order valence-corrected chi connectivity index (χ1v) is 9.75. The van der Waals surface area contributed by atoms with E-state index < -0.39 is 6.09 Å². The maximum atomic E-state index is 13.1. The van der Waals surface area contributed by atoms with Crippen LogP contribution in [0, 0.1) is 0 Å². The molecule has 2 N–H and O–H groups in total. The molecule has 1 aromatic heterocycles. The number of carboxylic acid groups (broad SMARTS) is 1. The number of fused-ring (bicyclic) bond motifs is 1. The van der Waals surface area contributed by atoms with E-state index >= 15 is 0 Å². The number of hydrogen-bond acceptors (Lipinski definition) is 4. The Morgan fingerprint density at radius 3 is 2.35 bits per heavy atom. The molecule has 0 saturated heterocycles. The maximum absolute atomic E-state index is 13.1. The van der Waals surface area contributed by atoms with Crippen LogP contribution >= 0.6 is 0 Å². The highest BCUT2D eigenvalue weighted by molar-refractivity contribution is 6.10. The zero-order valence-electron chi connectivity index (χ0n) is 17.0. The predicted octanol–water partition coefficient (Wildman–Crippen LogP) is 4.44. The van der Waals surface area contributed by atoms with Gasteiger partial charge in [0.05, 0.1) is 23.7 Å². The fourth-order valence-electron chi connectivity index (χ4n) is 3.88. The molecule has 2 heterocycles. The number of anilines is 3. The van der Waals surface area contributed by atoms with Gasteiger partial charge in [0, 0.05) is 19.2 Å². The first-order chi connectivity index (χ1) is 14.8. The third kappa shape index (κ3) is 3.87. The van der Waals surface area contributed by atoms with Crippen molar-refractivity contribution in [2.45, 2.75) is 19.9 Å². The maximum Gasteiger partial charge on any atom is 0.409 e. The zero-order chi connectivity index (χ0) is 22.1. The van der Waals surface area contributed by atoms with Gasteiger partial charge in [-0.25, -0.2) is 4.79 Å². The van der Waals surface area contributed by atoms with Crippen LogP contribution < -0.4 is 15.1 Å². The molecule has 3 aromatic rings. The van der Waals surface area contributed by atoms with Crippen molar-refractivity contribution in [1.82, 2.24) is 0 Å². The second-order valence-corrected chi connectivity index (χ2v) is 7.34. The summed E-state index contributed by atoms with van der Waals surface area (Å²) in [6, 6.07) is 15.6. The summed E-state index contributed by atoms with van der Waals surface area (Å²) in [7, 11) is 0. The molecule has 0 aliphatic carbocycles. The van der Waals surface area contributed by atoms with Gasteiger partial charge in [-0.05, 0) is 54.4 Å². The van der Waals surface area contributed by atoms with Gasteiger partial charge in [-0.3, -0.25) is 14.9 Å². The van der Waals surface area contributed by atoms with Crippen molar-refractivity contribution in [3.05, 3.63) is 66.6 Å². The molecular formula is C23H21N3O5. The van der Waals surface area contributed by atoms with Crippen molar-refractivity contribution in [2.24, 2.45) is 0 Å². The third-order valence-electron chi connectivity index (χ3n) is 5.20. The van der Waals surface area contributed by atoms with E-state index in [4.69, 9.17) is 9.52 Å². The number of carbonyl (C=O) groups excluding carboxylic acids is 2. The van der Waals surface area contributed by atoms with Crippen LogP contribution in [0.3, 0.4) is 0 Å². The number of furan rings is 1. The third-order valence-corrected chi connectivity index (χ3v) is 5.20. The minimum absolute atomic E-state index is 0.101. The van der Waals surface area contributed by atoms with Crippen LogP contribution in [0.1, 0.15) is 24.4 Å². The topological polar surface area (TPSA) is 103 Å². The van der Waals surface area contributed by atoms with Gasteiger partial charge in [0.15, 0.2) is 5.76 Å². The van der Waals surface area contributed by atoms with E-state index in [1.807, 2.05) is 25.1 Å². The Bertz CT molecular complexity index is 1140. The molecule has 0 spiro atoms. The van der Waals surface area contributed by atoms with E-state index in [0.29, 0.717) is 23.6 Å². The minimum Gasteiger partial charge on any atom is -0.465 e. The molecule has 0 radical (unpaired) electrons. The van der Waals surface area contributed by atoms with Crippen LogP contribution in [0.25, 0.3) is 11.1 Å². The van der Waals surface area contributed by atoms with Crippen LogP contribution in [0.2, 0.25) is 0 Å². The van der Waals surface area contributed by atoms with E-state index in [2.05, 4.69) is 5.32 Å². The van der Waals surface area contributed by atoms with E-state index in [1.54, 1.807) is 46.2 Å². The fraction of sp³-hybridized carbons (Fsp3) is 0.174. The average molecular weight is 419 g/mol. The Kier molecular flexibility index (Phi) is 5.21. The van der Waals surface area contributed by atoms with Crippen LogP contribution in [0.15, 0.2) is 65.3 Å².